The number of nitrogens with one attached hydrogen (secondary N) is 1. The highest BCUT2D eigenvalue weighted by atomic mass is 14.9. The number of rotatable bonds is 5. The minimum absolute atomic E-state index is 0.313. The number of aryl methyl sites for hydroxylation is 1. The molecule has 3 nitrogen and oxygen atoms in total. The standard InChI is InChI=1S/C18H23N3/c1-2-10-21-18(15-11-19-13-20-12-15)17-9-5-7-14-6-3-4-8-16(14)17/h3-4,6,8,11-13,17-18,21H,2,5,7,9-10H2,1H3. The normalized spacial score (nSPS) is 19.0. The molecular formula is C18H23N3. The van der Waals surface area contributed by atoms with Crippen molar-refractivity contribution in [2.75, 3.05) is 6.54 Å². The molecule has 0 aliphatic heterocycles. The highest BCUT2D eigenvalue weighted by Gasteiger charge is 2.28. The van der Waals surface area contributed by atoms with Gasteiger partial charge in [0.2, 0.25) is 0 Å². The lowest BCUT2D eigenvalue weighted by atomic mass is 9.77. The number of benzene rings is 1. The van der Waals surface area contributed by atoms with Gasteiger partial charge in [-0.1, -0.05) is 31.2 Å². The maximum absolute atomic E-state index is 4.21. The maximum Gasteiger partial charge on any atom is 0.115 e. The molecule has 2 atom stereocenters. The van der Waals surface area contributed by atoms with Crippen molar-refractivity contribution in [2.45, 2.75) is 44.6 Å². The molecule has 1 heterocycles. The summed E-state index contributed by atoms with van der Waals surface area (Å²) >= 11 is 0. The molecule has 3 rings (SSSR count). The number of fused-ring (bicyclic) bond motifs is 1. The smallest absolute Gasteiger partial charge is 0.115 e. The molecule has 0 fully saturated rings. The van der Waals surface area contributed by atoms with Crippen LogP contribution in [0.3, 0.4) is 0 Å². The van der Waals surface area contributed by atoms with Crippen molar-refractivity contribution in [3.05, 3.63) is 59.7 Å². The van der Waals surface area contributed by atoms with E-state index in [2.05, 4.69) is 46.5 Å². The van der Waals surface area contributed by atoms with E-state index in [4.69, 9.17) is 0 Å². The van der Waals surface area contributed by atoms with Gasteiger partial charge in [0, 0.05) is 29.9 Å². The molecule has 2 unspecified atom stereocenters. The van der Waals surface area contributed by atoms with Crippen LogP contribution in [0.1, 0.15) is 54.8 Å². The van der Waals surface area contributed by atoms with Gasteiger partial charge in [-0.15, -0.1) is 0 Å². The summed E-state index contributed by atoms with van der Waals surface area (Å²) in [6.45, 7) is 3.23. The Morgan fingerprint density at radius 1 is 1.24 bits per heavy atom. The fourth-order valence-corrected chi connectivity index (χ4v) is 3.40. The average Bonchev–Trinajstić information content (AvgIpc) is 2.56. The summed E-state index contributed by atoms with van der Waals surface area (Å²) in [6.07, 6.45) is 10.4. The quantitative estimate of drug-likeness (QED) is 0.909. The second-order valence-electron chi connectivity index (χ2n) is 5.80. The molecule has 1 aromatic carbocycles. The van der Waals surface area contributed by atoms with Crippen LogP contribution in [0.15, 0.2) is 43.0 Å². The van der Waals surface area contributed by atoms with E-state index in [0.717, 1.165) is 13.0 Å². The van der Waals surface area contributed by atoms with Gasteiger partial charge in [-0.25, -0.2) is 9.97 Å². The van der Waals surface area contributed by atoms with Gasteiger partial charge in [-0.2, -0.15) is 0 Å². The number of nitrogens with zero attached hydrogens (tertiary/aromatic N) is 2. The van der Waals surface area contributed by atoms with Crippen molar-refractivity contribution in [1.29, 1.82) is 0 Å². The van der Waals surface area contributed by atoms with Gasteiger partial charge in [-0.05, 0) is 43.4 Å². The minimum Gasteiger partial charge on any atom is -0.309 e. The highest BCUT2D eigenvalue weighted by Crippen LogP contribution is 2.39. The van der Waals surface area contributed by atoms with E-state index in [1.807, 2.05) is 12.4 Å². The summed E-state index contributed by atoms with van der Waals surface area (Å²) in [7, 11) is 0. The Labute approximate surface area is 126 Å². The number of aromatic nitrogens is 2. The van der Waals surface area contributed by atoms with E-state index < -0.39 is 0 Å². The molecule has 110 valence electrons. The first-order valence-electron chi connectivity index (χ1n) is 7.96. The minimum atomic E-state index is 0.313. The Kier molecular flexibility index (Phi) is 4.61. The Morgan fingerprint density at radius 3 is 2.86 bits per heavy atom. The third-order valence-corrected chi connectivity index (χ3v) is 4.37. The molecule has 0 saturated heterocycles. The molecule has 0 spiro atoms. The topological polar surface area (TPSA) is 37.8 Å². The Morgan fingerprint density at radius 2 is 2.05 bits per heavy atom. The van der Waals surface area contributed by atoms with E-state index in [1.54, 1.807) is 6.33 Å². The summed E-state index contributed by atoms with van der Waals surface area (Å²) in [4.78, 5) is 8.43. The molecule has 0 saturated carbocycles. The average molecular weight is 281 g/mol. The predicted octanol–water partition coefficient (Wildman–Crippen LogP) is 3.64. The summed E-state index contributed by atoms with van der Waals surface area (Å²) in [5.41, 5.74) is 4.21. The van der Waals surface area contributed by atoms with Crippen molar-refractivity contribution < 1.29 is 0 Å². The van der Waals surface area contributed by atoms with Crippen LogP contribution < -0.4 is 5.32 Å². The van der Waals surface area contributed by atoms with Crippen LogP contribution >= 0.6 is 0 Å². The van der Waals surface area contributed by atoms with E-state index in [-0.39, 0.29) is 0 Å². The first-order valence-corrected chi connectivity index (χ1v) is 7.96. The van der Waals surface area contributed by atoms with Gasteiger partial charge in [-0.3, -0.25) is 0 Å². The molecule has 2 aromatic rings. The van der Waals surface area contributed by atoms with Gasteiger partial charge in [0.15, 0.2) is 0 Å². The van der Waals surface area contributed by atoms with Crippen molar-refractivity contribution in [3.63, 3.8) is 0 Å². The second-order valence-corrected chi connectivity index (χ2v) is 5.80. The molecular weight excluding hydrogens is 258 g/mol. The molecule has 21 heavy (non-hydrogen) atoms. The van der Waals surface area contributed by atoms with Crippen LogP contribution in [0.25, 0.3) is 0 Å². The summed E-state index contributed by atoms with van der Waals surface area (Å²) in [5, 5.41) is 3.72. The Hall–Kier alpha value is -1.74. The van der Waals surface area contributed by atoms with Crippen LogP contribution in [-0.4, -0.2) is 16.5 Å². The predicted molar refractivity (Wildman–Crippen MR) is 85.2 cm³/mol. The third-order valence-electron chi connectivity index (χ3n) is 4.37. The lowest BCUT2D eigenvalue weighted by molar-refractivity contribution is 0.400. The summed E-state index contributed by atoms with van der Waals surface area (Å²) in [6, 6.07) is 9.20. The van der Waals surface area contributed by atoms with Crippen molar-refractivity contribution in [1.82, 2.24) is 15.3 Å². The summed E-state index contributed by atoms with van der Waals surface area (Å²) in [5.74, 6) is 0.521. The zero-order chi connectivity index (χ0) is 14.5. The van der Waals surface area contributed by atoms with Gasteiger partial charge in [0.25, 0.3) is 0 Å². The van der Waals surface area contributed by atoms with E-state index >= 15 is 0 Å². The molecule has 0 amide bonds. The van der Waals surface area contributed by atoms with Crippen LogP contribution in [0.5, 0.6) is 0 Å². The maximum atomic E-state index is 4.21. The first-order chi connectivity index (χ1) is 10.4. The van der Waals surface area contributed by atoms with Gasteiger partial charge in [0.05, 0.1) is 0 Å². The highest BCUT2D eigenvalue weighted by molar-refractivity contribution is 5.35. The molecule has 1 N–H and O–H groups in total. The van der Waals surface area contributed by atoms with Gasteiger partial charge >= 0.3 is 0 Å². The number of hydrogen-bond donors (Lipinski definition) is 1. The Balaban J connectivity index is 1.94. The van der Waals surface area contributed by atoms with Gasteiger partial charge in [0.1, 0.15) is 6.33 Å². The van der Waals surface area contributed by atoms with Crippen LogP contribution in [0.2, 0.25) is 0 Å². The molecule has 0 bridgehead atoms. The second kappa shape index (κ2) is 6.81. The number of hydrogen-bond acceptors (Lipinski definition) is 3. The van der Waals surface area contributed by atoms with E-state index in [1.165, 1.54) is 36.0 Å². The van der Waals surface area contributed by atoms with Crippen molar-refractivity contribution in [2.24, 2.45) is 0 Å². The zero-order valence-corrected chi connectivity index (χ0v) is 12.6. The Bertz CT molecular complexity index is 568. The van der Waals surface area contributed by atoms with Crippen molar-refractivity contribution >= 4 is 0 Å². The monoisotopic (exact) mass is 281 g/mol. The molecule has 0 radical (unpaired) electrons. The van der Waals surface area contributed by atoms with Crippen molar-refractivity contribution in [3.8, 4) is 0 Å². The first kappa shape index (κ1) is 14.2. The lowest BCUT2D eigenvalue weighted by Crippen LogP contribution is -2.30. The summed E-state index contributed by atoms with van der Waals surface area (Å²) < 4.78 is 0. The van der Waals surface area contributed by atoms with Crippen LogP contribution in [-0.2, 0) is 6.42 Å². The molecule has 1 aliphatic rings. The van der Waals surface area contributed by atoms with E-state index in [9.17, 15) is 0 Å². The van der Waals surface area contributed by atoms with Crippen LogP contribution in [0.4, 0.5) is 0 Å². The van der Waals surface area contributed by atoms with E-state index in [0.29, 0.717) is 12.0 Å². The zero-order valence-electron chi connectivity index (χ0n) is 12.6. The molecule has 3 heteroatoms. The third kappa shape index (κ3) is 3.13. The fourth-order valence-electron chi connectivity index (χ4n) is 3.40. The van der Waals surface area contributed by atoms with Crippen LogP contribution in [0, 0.1) is 0 Å². The van der Waals surface area contributed by atoms with Gasteiger partial charge < -0.3 is 5.32 Å². The fraction of sp³-hybridized carbons (Fsp3) is 0.444. The molecule has 1 aliphatic carbocycles. The SMILES string of the molecule is CCCNC(c1cncnc1)C1CCCc2ccccc21. The largest absolute Gasteiger partial charge is 0.309 e. The molecule has 1 aromatic heterocycles. The lowest BCUT2D eigenvalue weighted by Gasteiger charge is -2.33.